The Morgan fingerprint density at radius 1 is 0.941 bits per heavy atom. The molecule has 7 heteroatoms. The number of fused-ring (bicyclic) bond motifs is 4. The molecule has 0 aromatic heterocycles. The number of amides is 2. The quantitative estimate of drug-likeness (QED) is 0.680. The molecule has 3 aliphatic heterocycles. The smallest absolute Gasteiger partial charge is 0.242 e. The molecule has 0 aliphatic carbocycles. The normalized spacial score (nSPS) is 20.8. The summed E-state index contributed by atoms with van der Waals surface area (Å²) < 4.78 is 16.8. The highest BCUT2D eigenvalue weighted by atomic mass is 16.7. The van der Waals surface area contributed by atoms with Crippen LogP contribution in [0.15, 0.2) is 42.5 Å². The zero-order valence-corrected chi connectivity index (χ0v) is 19.5. The lowest BCUT2D eigenvalue weighted by Gasteiger charge is -2.37. The Labute approximate surface area is 200 Å². The van der Waals surface area contributed by atoms with E-state index in [1.54, 1.807) is 4.90 Å². The van der Waals surface area contributed by atoms with Gasteiger partial charge >= 0.3 is 0 Å². The van der Waals surface area contributed by atoms with Crippen LogP contribution in [0.1, 0.15) is 43.2 Å². The molecule has 2 aromatic carbocycles. The fourth-order valence-corrected chi connectivity index (χ4v) is 5.08. The number of benzene rings is 2. The molecule has 0 saturated carbocycles. The molecule has 0 spiro atoms. The molecule has 1 saturated heterocycles. The van der Waals surface area contributed by atoms with E-state index in [1.807, 2.05) is 35.2 Å². The van der Waals surface area contributed by atoms with Gasteiger partial charge in [0.1, 0.15) is 5.75 Å². The largest absolute Gasteiger partial charge is 0.494 e. The Morgan fingerprint density at radius 2 is 1.85 bits per heavy atom. The van der Waals surface area contributed by atoms with Gasteiger partial charge in [-0.2, -0.15) is 0 Å². The molecule has 1 unspecified atom stereocenters. The SMILES string of the molecule is O=C(Cc1ccc2c(c1)OCO2)N1CCCOc2cccc(c2)CCC2CCCCN2C(=O)C1. The third-order valence-corrected chi connectivity index (χ3v) is 6.92. The van der Waals surface area contributed by atoms with Crippen LogP contribution in [0.25, 0.3) is 0 Å². The van der Waals surface area contributed by atoms with Gasteiger partial charge in [0.15, 0.2) is 11.5 Å². The Hall–Kier alpha value is -3.22. The van der Waals surface area contributed by atoms with Crippen LogP contribution in [0, 0.1) is 0 Å². The average molecular weight is 465 g/mol. The van der Waals surface area contributed by atoms with Gasteiger partial charge in [0.2, 0.25) is 18.6 Å². The number of ether oxygens (including phenoxy) is 3. The van der Waals surface area contributed by atoms with E-state index in [0.717, 1.165) is 50.0 Å². The van der Waals surface area contributed by atoms with Crippen molar-refractivity contribution in [1.82, 2.24) is 9.80 Å². The zero-order valence-electron chi connectivity index (χ0n) is 19.5. The lowest BCUT2D eigenvalue weighted by Crippen LogP contribution is -2.49. The van der Waals surface area contributed by atoms with Crippen molar-refractivity contribution in [2.75, 3.05) is 33.0 Å². The summed E-state index contributed by atoms with van der Waals surface area (Å²) in [6, 6.07) is 14.0. The third kappa shape index (κ3) is 5.29. The number of rotatable bonds is 2. The van der Waals surface area contributed by atoms with Gasteiger partial charge in [0.25, 0.3) is 0 Å². The molecule has 0 radical (unpaired) electrons. The van der Waals surface area contributed by atoms with Gasteiger partial charge < -0.3 is 24.0 Å². The van der Waals surface area contributed by atoms with E-state index < -0.39 is 0 Å². The molecule has 7 nitrogen and oxygen atoms in total. The first-order valence-corrected chi connectivity index (χ1v) is 12.3. The first-order valence-electron chi connectivity index (χ1n) is 12.3. The van der Waals surface area contributed by atoms with Gasteiger partial charge in [0.05, 0.1) is 19.6 Å². The van der Waals surface area contributed by atoms with Gasteiger partial charge in [-0.25, -0.2) is 0 Å². The van der Waals surface area contributed by atoms with Gasteiger partial charge in [-0.1, -0.05) is 18.2 Å². The van der Waals surface area contributed by atoms with Crippen LogP contribution in [-0.4, -0.2) is 60.7 Å². The van der Waals surface area contributed by atoms with E-state index in [0.29, 0.717) is 31.1 Å². The molecule has 180 valence electrons. The van der Waals surface area contributed by atoms with Gasteiger partial charge in [-0.3, -0.25) is 9.59 Å². The van der Waals surface area contributed by atoms with Crippen LogP contribution in [0.2, 0.25) is 0 Å². The summed E-state index contributed by atoms with van der Waals surface area (Å²) in [7, 11) is 0. The Balaban J connectivity index is 1.33. The summed E-state index contributed by atoms with van der Waals surface area (Å²) in [5, 5.41) is 0. The van der Waals surface area contributed by atoms with Crippen LogP contribution in [0.5, 0.6) is 17.2 Å². The zero-order chi connectivity index (χ0) is 23.3. The average Bonchev–Trinajstić information content (AvgIpc) is 3.32. The number of nitrogens with zero attached hydrogens (tertiary/aromatic N) is 2. The van der Waals surface area contributed by atoms with Gasteiger partial charge in [-0.05, 0) is 73.9 Å². The van der Waals surface area contributed by atoms with E-state index in [9.17, 15) is 9.59 Å². The van der Waals surface area contributed by atoms with Crippen molar-refractivity contribution in [2.45, 2.75) is 51.0 Å². The summed E-state index contributed by atoms with van der Waals surface area (Å²) in [5.41, 5.74) is 2.10. The van der Waals surface area contributed by atoms with Gasteiger partial charge in [0, 0.05) is 19.1 Å². The fourth-order valence-electron chi connectivity index (χ4n) is 5.08. The second-order valence-electron chi connectivity index (χ2n) is 9.30. The number of hydrogen-bond donors (Lipinski definition) is 0. The van der Waals surface area contributed by atoms with Crippen molar-refractivity contribution < 1.29 is 23.8 Å². The summed E-state index contributed by atoms with van der Waals surface area (Å²) in [6.07, 6.45) is 5.91. The number of hydrogen-bond acceptors (Lipinski definition) is 5. The Morgan fingerprint density at radius 3 is 2.79 bits per heavy atom. The van der Waals surface area contributed by atoms with E-state index in [4.69, 9.17) is 14.2 Å². The number of carbonyl (C=O) groups is 2. The molecule has 3 aliphatic rings. The summed E-state index contributed by atoms with van der Waals surface area (Å²) in [4.78, 5) is 30.4. The molecule has 2 aromatic rings. The maximum atomic E-state index is 13.4. The molecule has 2 amide bonds. The highest BCUT2D eigenvalue weighted by molar-refractivity contribution is 5.86. The maximum Gasteiger partial charge on any atom is 0.242 e. The number of carbonyl (C=O) groups excluding carboxylic acids is 2. The minimum Gasteiger partial charge on any atom is -0.494 e. The number of aryl methyl sites for hydroxylation is 1. The third-order valence-electron chi connectivity index (χ3n) is 6.92. The van der Waals surface area contributed by atoms with Crippen LogP contribution >= 0.6 is 0 Å². The predicted octanol–water partition coefficient (Wildman–Crippen LogP) is 3.58. The van der Waals surface area contributed by atoms with Crippen LogP contribution in [-0.2, 0) is 22.4 Å². The van der Waals surface area contributed by atoms with Crippen molar-refractivity contribution in [2.24, 2.45) is 0 Å². The summed E-state index contributed by atoms with van der Waals surface area (Å²) in [5.74, 6) is 2.21. The maximum absolute atomic E-state index is 13.4. The van der Waals surface area contributed by atoms with E-state index in [-0.39, 0.29) is 37.6 Å². The second kappa shape index (κ2) is 10.4. The molecular weight excluding hydrogens is 432 g/mol. The Kier molecular flexibility index (Phi) is 6.88. The standard InChI is InChI=1S/C27H32N2O5/c30-26(17-21-9-11-24-25(16-21)34-19-33-24)28-12-4-14-32-23-7-3-5-20(15-23)8-10-22-6-1-2-13-29(22)27(31)18-28/h3,5,7,9,11,15-16,22H,1-2,4,6,8,10,12-14,17-19H2. The fraction of sp³-hybridized carbons (Fsp3) is 0.481. The Bertz CT molecular complexity index is 1040. The molecule has 0 N–H and O–H groups in total. The molecule has 34 heavy (non-hydrogen) atoms. The van der Waals surface area contributed by atoms with E-state index >= 15 is 0 Å². The van der Waals surface area contributed by atoms with Crippen molar-refractivity contribution in [3.8, 4) is 17.2 Å². The molecular formula is C27H32N2O5. The van der Waals surface area contributed by atoms with Crippen LogP contribution in [0.4, 0.5) is 0 Å². The van der Waals surface area contributed by atoms with Crippen molar-refractivity contribution in [3.63, 3.8) is 0 Å². The highest BCUT2D eigenvalue weighted by Gasteiger charge is 2.29. The topological polar surface area (TPSA) is 68.3 Å². The van der Waals surface area contributed by atoms with E-state index in [1.165, 1.54) is 5.56 Å². The first kappa shape index (κ1) is 22.6. The van der Waals surface area contributed by atoms with Crippen molar-refractivity contribution in [1.29, 1.82) is 0 Å². The van der Waals surface area contributed by atoms with E-state index in [2.05, 4.69) is 12.1 Å². The molecule has 5 rings (SSSR count). The molecule has 3 heterocycles. The molecule has 1 atom stereocenters. The summed E-state index contributed by atoms with van der Waals surface area (Å²) >= 11 is 0. The second-order valence-corrected chi connectivity index (χ2v) is 9.30. The lowest BCUT2D eigenvalue weighted by molar-refractivity contribution is -0.142. The molecule has 2 bridgehead atoms. The minimum absolute atomic E-state index is 0.0514. The van der Waals surface area contributed by atoms with Crippen LogP contribution < -0.4 is 14.2 Å². The predicted molar refractivity (Wildman–Crippen MR) is 127 cm³/mol. The molecule has 1 fully saturated rings. The first-order chi connectivity index (χ1) is 16.7. The monoisotopic (exact) mass is 464 g/mol. The minimum atomic E-state index is -0.0603. The number of piperidine rings is 1. The lowest BCUT2D eigenvalue weighted by atomic mass is 9.95. The van der Waals surface area contributed by atoms with Crippen LogP contribution in [0.3, 0.4) is 0 Å². The van der Waals surface area contributed by atoms with Crippen molar-refractivity contribution >= 4 is 11.8 Å². The summed E-state index contributed by atoms with van der Waals surface area (Å²) in [6.45, 7) is 2.07. The van der Waals surface area contributed by atoms with Crippen molar-refractivity contribution in [3.05, 3.63) is 53.6 Å². The highest BCUT2D eigenvalue weighted by Crippen LogP contribution is 2.32. The van der Waals surface area contributed by atoms with Gasteiger partial charge in [-0.15, -0.1) is 0 Å².